The highest BCUT2D eigenvalue weighted by Gasteiger charge is 2.12. The van der Waals surface area contributed by atoms with Gasteiger partial charge in [-0.05, 0) is 30.3 Å². The molecule has 1 N–H and O–H groups in total. The third-order valence-electron chi connectivity index (χ3n) is 4.08. The molecule has 0 spiro atoms. The molecule has 0 saturated carbocycles. The summed E-state index contributed by atoms with van der Waals surface area (Å²) in [4.78, 5) is 8.05. The van der Waals surface area contributed by atoms with E-state index in [0.717, 1.165) is 22.3 Å². The topological polar surface area (TPSA) is 47.1 Å². The summed E-state index contributed by atoms with van der Waals surface area (Å²) >= 11 is 0. The Morgan fingerprint density at radius 1 is 0.870 bits per heavy atom. The number of benzene rings is 2. The zero-order chi connectivity index (χ0) is 15.8. The molecule has 4 heteroatoms. The number of ether oxygens (including phenoxy) is 2. The highest BCUT2D eigenvalue weighted by molar-refractivity contribution is 6.10. The lowest BCUT2D eigenvalue weighted by Gasteiger charge is -2.09. The summed E-state index contributed by atoms with van der Waals surface area (Å²) in [5.74, 6) is 1.40. The summed E-state index contributed by atoms with van der Waals surface area (Å²) in [5, 5.41) is 2.37. The lowest BCUT2D eigenvalue weighted by molar-refractivity contribution is 0.355. The summed E-state index contributed by atoms with van der Waals surface area (Å²) in [5.41, 5.74) is 4.03. The molecule has 0 amide bonds. The molecule has 0 aliphatic carbocycles. The van der Waals surface area contributed by atoms with E-state index in [4.69, 9.17) is 9.47 Å². The first-order valence-corrected chi connectivity index (χ1v) is 7.39. The average molecular weight is 304 g/mol. The van der Waals surface area contributed by atoms with E-state index in [1.165, 1.54) is 10.8 Å². The van der Waals surface area contributed by atoms with Gasteiger partial charge in [0.1, 0.15) is 0 Å². The summed E-state index contributed by atoms with van der Waals surface area (Å²) in [6.07, 6.45) is 1.84. The number of aromatic nitrogens is 2. The minimum Gasteiger partial charge on any atom is -0.493 e. The van der Waals surface area contributed by atoms with E-state index in [9.17, 15) is 0 Å². The van der Waals surface area contributed by atoms with Crippen LogP contribution in [0.3, 0.4) is 0 Å². The summed E-state index contributed by atoms with van der Waals surface area (Å²) < 4.78 is 10.7. The second-order valence-corrected chi connectivity index (χ2v) is 5.32. The van der Waals surface area contributed by atoms with Gasteiger partial charge in [-0.2, -0.15) is 0 Å². The fraction of sp³-hybridized carbons (Fsp3) is 0.105. The first kappa shape index (κ1) is 13.6. The molecule has 0 unspecified atom stereocenters. The fourth-order valence-electron chi connectivity index (χ4n) is 2.98. The molecule has 0 bridgehead atoms. The standard InChI is InChI=1S/C19H16N2O2/c1-22-16-8-7-12(11-17(16)23-2)18-19-14(9-10-20-18)13-5-3-4-6-15(13)21-19/h3-11,21H,1-2H3. The van der Waals surface area contributed by atoms with E-state index in [1.807, 2.05) is 42.6 Å². The molecule has 4 rings (SSSR count). The van der Waals surface area contributed by atoms with E-state index in [0.29, 0.717) is 11.5 Å². The molecule has 2 aromatic carbocycles. The van der Waals surface area contributed by atoms with Crippen LogP contribution in [0.4, 0.5) is 0 Å². The van der Waals surface area contributed by atoms with Crippen molar-refractivity contribution in [2.24, 2.45) is 0 Å². The van der Waals surface area contributed by atoms with Crippen LogP contribution in [0.1, 0.15) is 0 Å². The Balaban J connectivity index is 1.99. The van der Waals surface area contributed by atoms with Crippen molar-refractivity contribution in [1.82, 2.24) is 9.97 Å². The minimum absolute atomic E-state index is 0.694. The third-order valence-corrected chi connectivity index (χ3v) is 4.08. The first-order chi connectivity index (χ1) is 11.3. The Labute approximate surface area is 133 Å². The van der Waals surface area contributed by atoms with E-state index < -0.39 is 0 Å². The lowest BCUT2D eigenvalue weighted by Crippen LogP contribution is -1.92. The Morgan fingerprint density at radius 2 is 1.70 bits per heavy atom. The molecular formula is C19H16N2O2. The number of H-pyrrole nitrogens is 1. The maximum Gasteiger partial charge on any atom is 0.161 e. The van der Waals surface area contributed by atoms with Gasteiger partial charge in [-0.15, -0.1) is 0 Å². The van der Waals surface area contributed by atoms with Gasteiger partial charge >= 0.3 is 0 Å². The molecule has 0 radical (unpaired) electrons. The number of para-hydroxylation sites is 1. The summed E-state index contributed by atoms with van der Waals surface area (Å²) in [6, 6.07) is 16.2. The Morgan fingerprint density at radius 3 is 2.52 bits per heavy atom. The van der Waals surface area contributed by atoms with Gasteiger partial charge in [0.25, 0.3) is 0 Å². The van der Waals surface area contributed by atoms with Gasteiger partial charge in [0.15, 0.2) is 11.5 Å². The molecule has 0 aliphatic heterocycles. The average Bonchev–Trinajstić information content (AvgIpc) is 3.00. The zero-order valence-corrected chi connectivity index (χ0v) is 13.0. The predicted octanol–water partition coefficient (Wildman–Crippen LogP) is 4.40. The summed E-state index contributed by atoms with van der Waals surface area (Å²) in [7, 11) is 3.27. The number of hydrogen-bond donors (Lipinski definition) is 1. The molecule has 23 heavy (non-hydrogen) atoms. The monoisotopic (exact) mass is 304 g/mol. The van der Waals surface area contributed by atoms with Crippen molar-refractivity contribution >= 4 is 21.8 Å². The van der Waals surface area contributed by atoms with Crippen LogP contribution < -0.4 is 9.47 Å². The van der Waals surface area contributed by atoms with Gasteiger partial charge in [-0.1, -0.05) is 18.2 Å². The van der Waals surface area contributed by atoms with Crippen LogP contribution in [-0.2, 0) is 0 Å². The van der Waals surface area contributed by atoms with Gasteiger partial charge in [0, 0.05) is 28.0 Å². The molecule has 0 aliphatic rings. The largest absolute Gasteiger partial charge is 0.493 e. The molecule has 4 nitrogen and oxygen atoms in total. The molecule has 0 fully saturated rings. The van der Waals surface area contributed by atoms with Crippen LogP contribution in [0.25, 0.3) is 33.1 Å². The predicted molar refractivity (Wildman–Crippen MR) is 92.1 cm³/mol. The van der Waals surface area contributed by atoms with Crippen LogP contribution in [-0.4, -0.2) is 24.2 Å². The van der Waals surface area contributed by atoms with E-state index in [-0.39, 0.29) is 0 Å². The first-order valence-electron chi connectivity index (χ1n) is 7.39. The number of aromatic amines is 1. The van der Waals surface area contributed by atoms with Crippen molar-refractivity contribution in [3.63, 3.8) is 0 Å². The fourth-order valence-corrected chi connectivity index (χ4v) is 2.98. The Bertz CT molecular complexity index is 1000. The highest BCUT2D eigenvalue weighted by Crippen LogP contribution is 2.35. The van der Waals surface area contributed by atoms with Crippen LogP contribution in [0.2, 0.25) is 0 Å². The van der Waals surface area contributed by atoms with Gasteiger partial charge in [-0.3, -0.25) is 4.98 Å². The molecule has 4 aromatic rings. The van der Waals surface area contributed by atoms with Crippen molar-refractivity contribution in [2.75, 3.05) is 14.2 Å². The maximum absolute atomic E-state index is 5.41. The van der Waals surface area contributed by atoms with Crippen LogP contribution in [0.5, 0.6) is 11.5 Å². The third kappa shape index (κ3) is 2.11. The number of pyridine rings is 1. The number of rotatable bonds is 3. The van der Waals surface area contributed by atoms with E-state index >= 15 is 0 Å². The van der Waals surface area contributed by atoms with Crippen molar-refractivity contribution < 1.29 is 9.47 Å². The minimum atomic E-state index is 0.694. The van der Waals surface area contributed by atoms with Crippen molar-refractivity contribution in [1.29, 1.82) is 0 Å². The van der Waals surface area contributed by atoms with Crippen molar-refractivity contribution in [2.45, 2.75) is 0 Å². The SMILES string of the molecule is COc1ccc(-c2nccc3c2[nH]c2ccccc23)cc1OC. The van der Waals surface area contributed by atoms with Gasteiger partial charge in [0.2, 0.25) is 0 Å². The zero-order valence-electron chi connectivity index (χ0n) is 13.0. The number of nitrogens with one attached hydrogen (secondary N) is 1. The molecule has 2 aromatic heterocycles. The summed E-state index contributed by atoms with van der Waals surface area (Å²) in [6.45, 7) is 0. The molecule has 0 saturated heterocycles. The van der Waals surface area contributed by atoms with Gasteiger partial charge in [-0.25, -0.2) is 0 Å². The van der Waals surface area contributed by atoms with Crippen LogP contribution >= 0.6 is 0 Å². The van der Waals surface area contributed by atoms with Crippen molar-refractivity contribution in [3.05, 3.63) is 54.7 Å². The second-order valence-electron chi connectivity index (χ2n) is 5.32. The van der Waals surface area contributed by atoms with E-state index in [2.05, 4.69) is 22.1 Å². The van der Waals surface area contributed by atoms with Crippen molar-refractivity contribution in [3.8, 4) is 22.8 Å². The number of fused-ring (bicyclic) bond motifs is 3. The smallest absolute Gasteiger partial charge is 0.161 e. The second kappa shape index (κ2) is 5.32. The number of hydrogen-bond acceptors (Lipinski definition) is 3. The molecular weight excluding hydrogens is 288 g/mol. The van der Waals surface area contributed by atoms with Gasteiger partial charge in [0.05, 0.1) is 25.4 Å². The quantitative estimate of drug-likeness (QED) is 0.610. The maximum atomic E-state index is 5.41. The molecule has 0 atom stereocenters. The lowest BCUT2D eigenvalue weighted by atomic mass is 10.1. The Hall–Kier alpha value is -3.01. The highest BCUT2D eigenvalue weighted by atomic mass is 16.5. The Kier molecular flexibility index (Phi) is 3.15. The number of nitrogens with zero attached hydrogens (tertiary/aromatic N) is 1. The van der Waals surface area contributed by atoms with Crippen LogP contribution in [0.15, 0.2) is 54.7 Å². The molecule has 114 valence electrons. The van der Waals surface area contributed by atoms with Gasteiger partial charge < -0.3 is 14.5 Å². The normalized spacial score (nSPS) is 11.0. The number of methoxy groups -OCH3 is 2. The molecule has 2 heterocycles. The van der Waals surface area contributed by atoms with Crippen LogP contribution in [0, 0.1) is 0 Å². The van der Waals surface area contributed by atoms with E-state index in [1.54, 1.807) is 14.2 Å².